The van der Waals surface area contributed by atoms with Crippen LogP contribution in [0, 0.1) is 0 Å². The molecule has 3 atom stereocenters. The topological polar surface area (TPSA) is 83.0 Å². The van der Waals surface area contributed by atoms with E-state index in [2.05, 4.69) is 4.98 Å². The molecule has 2 amide bonds. The van der Waals surface area contributed by atoms with Gasteiger partial charge in [-0.1, -0.05) is 36.4 Å². The molecule has 0 bridgehead atoms. The molecule has 3 aromatic rings. The minimum absolute atomic E-state index is 0.0161. The normalized spacial score (nSPS) is 21.9. The molecule has 33 heavy (non-hydrogen) atoms. The van der Waals surface area contributed by atoms with Crippen molar-refractivity contribution in [3.63, 3.8) is 0 Å². The van der Waals surface area contributed by atoms with Crippen LogP contribution in [-0.2, 0) is 4.79 Å². The van der Waals surface area contributed by atoms with E-state index in [1.807, 2.05) is 48.5 Å². The van der Waals surface area contributed by atoms with E-state index >= 15 is 0 Å². The number of aliphatic hydroxyl groups is 1. The molecule has 7 nitrogen and oxygen atoms in total. The van der Waals surface area contributed by atoms with Gasteiger partial charge in [0.15, 0.2) is 0 Å². The monoisotopic (exact) mass is 443 g/mol. The maximum absolute atomic E-state index is 12.9. The van der Waals surface area contributed by atoms with E-state index in [1.54, 1.807) is 35.2 Å². The number of aromatic nitrogens is 1. The first-order valence-electron chi connectivity index (χ1n) is 11.0. The summed E-state index contributed by atoms with van der Waals surface area (Å²) in [4.78, 5) is 33.1. The minimum atomic E-state index is -0.277. The van der Waals surface area contributed by atoms with Crippen molar-refractivity contribution < 1.29 is 19.4 Å². The number of fused-ring (bicyclic) bond motifs is 1. The molecule has 2 saturated heterocycles. The van der Waals surface area contributed by atoms with Crippen molar-refractivity contribution in [3.8, 4) is 16.9 Å². The third-order valence-electron chi connectivity index (χ3n) is 6.65. The first kappa shape index (κ1) is 21.2. The summed E-state index contributed by atoms with van der Waals surface area (Å²) in [6, 6.07) is 19.0. The molecule has 3 heterocycles. The summed E-state index contributed by atoms with van der Waals surface area (Å²) in [5.41, 5.74) is 3.62. The molecule has 1 aromatic heterocycles. The lowest BCUT2D eigenvalue weighted by molar-refractivity contribution is -0.159. The number of hydrogen-bond acceptors (Lipinski definition) is 5. The lowest BCUT2D eigenvalue weighted by Gasteiger charge is -2.58. The van der Waals surface area contributed by atoms with Gasteiger partial charge < -0.3 is 19.6 Å². The number of carbonyl (C=O) groups excluding carboxylic acids is 2. The van der Waals surface area contributed by atoms with Gasteiger partial charge in [0.1, 0.15) is 12.3 Å². The Morgan fingerprint density at radius 3 is 2.64 bits per heavy atom. The van der Waals surface area contributed by atoms with E-state index in [0.717, 1.165) is 22.4 Å². The second-order valence-electron chi connectivity index (χ2n) is 8.43. The second kappa shape index (κ2) is 8.67. The van der Waals surface area contributed by atoms with Gasteiger partial charge in [-0.3, -0.25) is 14.6 Å². The van der Waals surface area contributed by atoms with Crippen molar-refractivity contribution in [1.29, 1.82) is 0 Å². The van der Waals surface area contributed by atoms with Crippen molar-refractivity contribution in [2.45, 2.75) is 18.0 Å². The fourth-order valence-corrected chi connectivity index (χ4v) is 5.03. The Bertz CT molecular complexity index is 1170. The Kier molecular flexibility index (Phi) is 5.56. The third-order valence-corrected chi connectivity index (χ3v) is 6.65. The van der Waals surface area contributed by atoms with E-state index in [-0.39, 0.29) is 43.0 Å². The summed E-state index contributed by atoms with van der Waals surface area (Å²) in [5, 5.41) is 10.0. The van der Waals surface area contributed by atoms with Crippen molar-refractivity contribution in [2.24, 2.45) is 0 Å². The molecule has 168 valence electrons. The number of pyridine rings is 1. The van der Waals surface area contributed by atoms with Crippen molar-refractivity contribution in [3.05, 3.63) is 84.2 Å². The molecule has 7 heteroatoms. The highest BCUT2D eigenvalue weighted by Crippen LogP contribution is 2.43. The van der Waals surface area contributed by atoms with Gasteiger partial charge in [0, 0.05) is 24.9 Å². The Morgan fingerprint density at radius 1 is 1.12 bits per heavy atom. The summed E-state index contributed by atoms with van der Waals surface area (Å²) in [7, 11) is 1.65. The fourth-order valence-electron chi connectivity index (χ4n) is 5.03. The zero-order valence-corrected chi connectivity index (χ0v) is 18.3. The Hall–Kier alpha value is -3.71. The lowest BCUT2D eigenvalue weighted by Crippen LogP contribution is -2.73. The standard InChI is InChI=1S/C26H25N3O4/c1-33-21-6-2-4-19(12-21)17-7-9-18(10-8-17)25-22-14-28(15-24(31)29(22)23(25)16-30)26(32)20-5-3-11-27-13-20/h2-13,22-23,25,30H,14-16H2,1H3/t22-,23+,25-/m1/s1. The maximum atomic E-state index is 12.9. The molecule has 2 aliphatic rings. The SMILES string of the molecule is COc1cccc(-c2ccc([C@@H]3[C@H]4CN(C(=O)c5cccnc5)CC(=O)N4[C@H]3CO)cc2)c1. The van der Waals surface area contributed by atoms with Crippen molar-refractivity contribution in [2.75, 3.05) is 26.8 Å². The number of benzene rings is 2. The molecule has 1 N–H and O–H groups in total. The van der Waals surface area contributed by atoms with Gasteiger partial charge in [0.05, 0.1) is 31.4 Å². The lowest BCUT2D eigenvalue weighted by atomic mass is 9.73. The van der Waals surface area contributed by atoms with Crippen LogP contribution in [-0.4, -0.2) is 70.6 Å². The number of methoxy groups -OCH3 is 1. The molecular weight excluding hydrogens is 418 g/mol. The van der Waals surface area contributed by atoms with Crippen molar-refractivity contribution in [1.82, 2.24) is 14.8 Å². The number of ether oxygens (including phenoxy) is 1. The minimum Gasteiger partial charge on any atom is -0.497 e. The number of rotatable bonds is 5. The average Bonchev–Trinajstić information content (AvgIpc) is 2.85. The number of hydrogen-bond donors (Lipinski definition) is 1. The zero-order valence-electron chi connectivity index (χ0n) is 18.3. The number of aliphatic hydroxyl groups excluding tert-OH is 1. The highest BCUT2D eigenvalue weighted by molar-refractivity contribution is 5.97. The molecule has 0 radical (unpaired) electrons. The molecule has 0 aliphatic carbocycles. The van der Waals surface area contributed by atoms with Crippen LogP contribution in [0.4, 0.5) is 0 Å². The van der Waals surface area contributed by atoms with Crippen LogP contribution in [0.25, 0.3) is 11.1 Å². The number of carbonyl (C=O) groups is 2. The smallest absolute Gasteiger partial charge is 0.255 e. The first-order chi connectivity index (χ1) is 16.1. The van der Waals surface area contributed by atoms with E-state index in [9.17, 15) is 14.7 Å². The largest absolute Gasteiger partial charge is 0.497 e. The Labute approximate surface area is 192 Å². The molecule has 0 spiro atoms. The quantitative estimate of drug-likeness (QED) is 0.655. The predicted octanol–water partition coefficient (Wildman–Crippen LogP) is 2.57. The molecule has 2 fully saturated rings. The van der Waals surface area contributed by atoms with E-state index < -0.39 is 0 Å². The van der Waals surface area contributed by atoms with Crippen LogP contribution >= 0.6 is 0 Å². The van der Waals surface area contributed by atoms with Crippen LogP contribution < -0.4 is 4.74 Å². The van der Waals surface area contributed by atoms with Crippen LogP contribution in [0.1, 0.15) is 21.8 Å². The van der Waals surface area contributed by atoms with Crippen molar-refractivity contribution >= 4 is 11.8 Å². The third kappa shape index (κ3) is 3.74. The van der Waals surface area contributed by atoms with Crippen LogP contribution in [0.5, 0.6) is 5.75 Å². The molecule has 2 aromatic carbocycles. The van der Waals surface area contributed by atoms with E-state index in [0.29, 0.717) is 12.1 Å². The molecule has 0 saturated carbocycles. The molecule has 2 aliphatic heterocycles. The summed E-state index contributed by atoms with van der Waals surface area (Å²) in [6.45, 7) is 0.335. The number of nitrogens with zero attached hydrogens (tertiary/aromatic N) is 3. The fraction of sp³-hybridized carbons (Fsp3) is 0.269. The highest BCUT2D eigenvalue weighted by atomic mass is 16.5. The second-order valence-corrected chi connectivity index (χ2v) is 8.43. The zero-order chi connectivity index (χ0) is 22.9. The summed E-state index contributed by atoms with van der Waals surface area (Å²) in [6.07, 6.45) is 3.13. The Balaban J connectivity index is 1.38. The summed E-state index contributed by atoms with van der Waals surface area (Å²) >= 11 is 0. The van der Waals surface area contributed by atoms with Gasteiger partial charge in [-0.15, -0.1) is 0 Å². The van der Waals surface area contributed by atoms with Gasteiger partial charge in [-0.2, -0.15) is 0 Å². The van der Waals surface area contributed by atoms with Gasteiger partial charge in [0.2, 0.25) is 5.91 Å². The predicted molar refractivity (Wildman–Crippen MR) is 123 cm³/mol. The van der Waals surface area contributed by atoms with E-state index in [1.165, 1.54) is 6.20 Å². The summed E-state index contributed by atoms with van der Waals surface area (Å²) < 4.78 is 5.32. The summed E-state index contributed by atoms with van der Waals surface area (Å²) in [5.74, 6) is 0.427. The van der Waals surface area contributed by atoms with E-state index in [4.69, 9.17) is 4.74 Å². The highest BCUT2D eigenvalue weighted by Gasteiger charge is 2.54. The average molecular weight is 444 g/mol. The Morgan fingerprint density at radius 2 is 1.94 bits per heavy atom. The van der Waals surface area contributed by atoms with Crippen LogP contribution in [0.3, 0.4) is 0 Å². The van der Waals surface area contributed by atoms with Crippen LogP contribution in [0.15, 0.2) is 73.1 Å². The number of amides is 2. The maximum Gasteiger partial charge on any atom is 0.255 e. The molecule has 0 unspecified atom stereocenters. The van der Waals surface area contributed by atoms with Gasteiger partial charge >= 0.3 is 0 Å². The molecule has 5 rings (SSSR count). The molecular formula is C26H25N3O4. The van der Waals surface area contributed by atoms with Gasteiger partial charge in [0.25, 0.3) is 5.91 Å². The van der Waals surface area contributed by atoms with Gasteiger partial charge in [-0.05, 0) is 41.0 Å². The number of piperazine rings is 1. The first-order valence-corrected chi connectivity index (χ1v) is 11.0. The van der Waals surface area contributed by atoms with Gasteiger partial charge in [-0.25, -0.2) is 0 Å². The van der Waals surface area contributed by atoms with Crippen LogP contribution in [0.2, 0.25) is 0 Å².